The minimum atomic E-state index is 0.550. The summed E-state index contributed by atoms with van der Waals surface area (Å²) in [4.78, 5) is 0. The molecule has 1 aromatic carbocycles. The maximum atomic E-state index is 5.58. The van der Waals surface area contributed by atoms with Crippen LogP contribution in [0.1, 0.15) is 12.0 Å². The van der Waals surface area contributed by atoms with Crippen LogP contribution < -0.4 is 15.2 Å². The Balaban J connectivity index is 2.23. The third-order valence-corrected chi connectivity index (χ3v) is 2.22. The van der Waals surface area contributed by atoms with Crippen molar-refractivity contribution in [3.05, 3.63) is 29.8 Å². The van der Waals surface area contributed by atoms with Crippen molar-refractivity contribution in [3.63, 3.8) is 0 Å². The van der Waals surface area contributed by atoms with E-state index >= 15 is 0 Å². The van der Waals surface area contributed by atoms with Gasteiger partial charge in [0.2, 0.25) is 0 Å². The largest absolute Gasteiger partial charge is 0.490 e. The summed E-state index contributed by atoms with van der Waals surface area (Å²) in [5.74, 6) is 1.66. The van der Waals surface area contributed by atoms with Crippen LogP contribution >= 0.6 is 0 Å². The van der Waals surface area contributed by atoms with Gasteiger partial charge in [-0.3, -0.25) is 0 Å². The van der Waals surface area contributed by atoms with Crippen molar-refractivity contribution in [2.75, 3.05) is 19.8 Å². The Labute approximate surface area is 89.5 Å². The molecular formula is C12H15NO2. The van der Waals surface area contributed by atoms with Gasteiger partial charge in [-0.05, 0) is 17.7 Å². The average Bonchev–Trinajstić information content (AvgIpc) is 2.50. The maximum Gasteiger partial charge on any atom is 0.161 e. The molecule has 0 saturated heterocycles. The van der Waals surface area contributed by atoms with Gasteiger partial charge in [0, 0.05) is 13.0 Å². The number of benzene rings is 1. The molecule has 0 saturated carbocycles. The van der Waals surface area contributed by atoms with Gasteiger partial charge in [0.25, 0.3) is 0 Å². The van der Waals surface area contributed by atoms with E-state index in [4.69, 9.17) is 15.2 Å². The third-order valence-electron chi connectivity index (χ3n) is 2.22. The summed E-state index contributed by atoms with van der Waals surface area (Å²) in [6.07, 6.45) is 4.83. The van der Waals surface area contributed by atoms with Gasteiger partial charge in [-0.1, -0.05) is 18.2 Å². The molecular weight excluding hydrogens is 190 g/mol. The molecule has 1 heterocycles. The zero-order valence-corrected chi connectivity index (χ0v) is 8.61. The molecule has 3 heteroatoms. The quantitative estimate of drug-likeness (QED) is 0.801. The second-order valence-corrected chi connectivity index (χ2v) is 3.39. The van der Waals surface area contributed by atoms with E-state index < -0.39 is 0 Å². The highest BCUT2D eigenvalue weighted by atomic mass is 16.5. The van der Waals surface area contributed by atoms with Crippen LogP contribution in [0.4, 0.5) is 0 Å². The monoisotopic (exact) mass is 205 g/mol. The van der Waals surface area contributed by atoms with Gasteiger partial charge >= 0.3 is 0 Å². The Morgan fingerprint density at radius 1 is 1.20 bits per heavy atom. The fourth-order valence-electron chi connectivity index (χ4n) is 1.49. The highest BCUT2D eigenvalue weighted by Gasteiger charge is 2.09. The van der Waals surface area contributed by atoms with Crippen molar-refractivity contribution >= 4 is 6.08 Å². The zero-order valence-electron chi connectivity index (χ0n) is 8.61. The van der Waals surface area contributed by atoms with Crippen LogP contribution in [0.5, 0.6) is 11.5 Å². The van der Waals surface area contributed by atoms with E-state index in [9.17, 15) is 0 Å². The molecule has 0 aliphatic carbocycles. The van der Waals surface area contributed by atoms with Crippen LogP contribution in [-0.4, -0.2) is 19.8 Å². The fourth-order valence-corrected chi connectivity index (χ4v) is 1.49. The van der Waals surface area contributed by atoms with E-state index in [0.29, 0.717) is 6.54 Å². The molecule has 80 valence electrons. The molecule has 0 fully saturated rings. The Bertz CT molecular complexity index is 361. The van der Waals surface area contributed by atoms with Gasteiger partial charge in [-0.2, -0.15) is 0 Å². The zero-order chi connectivity index (χ0) is 10.5. The molecule has 3 nitrogen and oxygen atoms in total. The second-order valence-electron chi connectivity index (χ2n) is 3.39. The van der Waals surface area contributed by atoms with Crippen molar-refractivity contribution in [2.45, 2.75) is 6.42 Å². The van der Waals surface area contributed by atoms with Crippen molar-refractivity contribution < 1.29 is 9.47 Å². The number of rotatable bonds is 2. The highest BCUT2D eigenvalue weighted by Crippen LogP contribution is 2.30. The fraction of sp³-hybridized carbons (Fsp3) is 0.333. The van der Waals surface area contributed by atoms with Gasteiger partial charge in [0.05, 0.1) is 13.2 Å². The summed E-state index contributed by atoms with van der Waals surface area (Å²) in [7, 11) is 0. The summed E-state index contributed by atoms with van der Waals surface area (Å²) < 4.78 is 11.1. The lowest BCUT2D eigenvalue weighted by Crippen LogP contribution is -1.97. The third kappa shape index (κ3) is 2.50. The average molecular weight is 205 g/mol. The summed E-state index contributed by atoms with van der Waals surface area (Å²) in [6.45, 7) is 2.00. The van der Waals surface area contributed by atoms with E-state index in [1.165, 1.54) is 0 Å². The van der Waals surface area contributed by atoms with Crippen LogP contribution in [0.25, 0.3) is 6.08 Å². The molecule has 0 spiro atoms. The second kappa shape index (κ2) is 4.84. The predicted molar refractivity (Wildman–Crippen MR) is 60.1 cm³/mol. The molecule has 0 amide bonds. The van der Waals surface area contributed by atoms with E-state index in [0.717, 1.165) is 36.7 Å². The lowest BCUT2D eigenvalue weighted by molar-refractivity contribution is 0.297. The Kier molecular flexibility index (Phi) is 3.25. The van der Waals surface area contributed by atoms with E-state index in [-0.39, 0.29) is 0 Å². The molecule has 1 aliphatic rings. The van der Waals surface area contributed by atoms with Gasteiger partial charge in [0.15, 0.2) is 11.5 Å². The lowest BCUT2D eigenvalue weighted by Gasteiger charge is -2.07. The minimum absolute atomic E-state index is 0.550. The first-order chi connectivity index (χ1) is 7.40. The van der Waals surface area contributed by atoms with E-state index in [1.54, 1.807) is 0 Å². The summed E-state index contributed by atoms with van der Waals surface area (Å²) >= 11 is 0. The molecule has 2 N–H and O–H groups in total. The molecule has 0 atom stereocenters. The number of ether oxygens (including phenoxy) is 2. The van der Waals surface area contributed by atoms with Gasteiger partial charge in [0.1, 0.15) is 0 Å². The van der Waals surface area contributed by atoms with Crippen LogP contribution in [0.3, 0.4) is 0 Å². The predicted octanol–water partition coefficient (Wildman–Crippen LogP) is 1.82. The van der Waals surface area contributed by atoms with Crippen molar-refractivity contribution in [1.29, 1.82) is 0 Å². The van der Waals surface area contributed by atoms with Gasteiger partial charge in [-0.15, -0.1) is 0 Å². The topological polar surface area (TPSA) is 44.5 Å². The van der Waals surface area contributed by atoms with Crippen molar-refractivity contribution in [3.8, 4) is 11.5 Å². The van der Waals surface area contributed by atoms with Crippen LogP contribution in [-0.2, 0) is 0 Å². The lowest BCUT2D eigenvalue weighted by atomic mass is 10.2. The molecule has 0 bridgehead atoms. The minimum Gasteiger partial charge on any atom is -0.490 e. The maximum absolute atomic E-state index is 5.58. The van der Waals surface area contributed by atoms with Gasteiger partial charge < -0.3 is 15.2 Å². The standard InChI is InChI=1S/C12H15NO2/c13-6-1-3-10-4-5-11-12(9-10)15-8-2-7-14-11/h1,3-5,9H,2,6-8,13H2. The SMILES string of the molecule is NCC=Cc1ccc2c(c1)OCCCO2. The molecule has 0 aromatic heterocycles. The smallest absolute Gasteiger partial charge is 0.161 e. The Morgan fingerprint density at radius 3 is 2.80 bits per heavy atom. The van der Waals surface area contributed by atoms with Crippen LogP contribution in [0.2, 0.25) is 0 Å². The molecule has 1 aromatic rings. The van der Waals surface area contributed by atoms with Crippen LogP contribution in [0.15, 0.2) is 24.3 Å². The van der Waals surface area contributed by atoms with Crippen molar-refractivity contribution in [1.82, 2.24) is 0 Å². The van der Waals surface area contributed by atoms with Crippen molar-refractivity contribution in [2.24, 2.45) is 5.73 Å². The number of fused-ring (bicyclic) bond motifs is 1. The first kappa shape index (κ1) is 10.1. The summed E-state index contributed by atoms with van der Waals surface area (Å²) in [5, 5.41) is 0. The molecule has 15 heavy (non-hydrogen) atoms. The van der Waals surface area contributed by atoms with E-state index in [1.807, 2.05) is 30.4 Å². The first-order valence-corrected chi connectivity index (χ1v) is 5.16. The molecule has 1 aliphatic heterocycles. The highest BCUT2D eigenvalue weighted by molar-refractivity contribution is 5.56. The molecule has 0 unspecified atom stereocenters. The summed E-state index contributed by atoms with van der Waals surface area (Å²) in [6, 6.07) is 5.92. The Morgan fingerprint density at radius 2 is 2.00 bits per heavy atom. The molecule has 2 rings (SSSR count). The van der Waals surface area contributed by atoms with Gasteiger partial charge in [-0.25, -0.2) is 0 Å². The number of hydrogen-bond acceptors (Lipinski definition) is 3. The Hall–Kier alpha value is -1.48. The first-order valence-electron chi connectivity index (χ1n) is 5.16. The van der Waals surface area contributed by atoms with Crippen LogP contribution in [0, 0.1) is 0 Å². The summed E-state index contributed by atoms with van der Waals surface area (Å²) in [5.41, 5.74) is 6.48. The number of hydrogen-bond donors (Lipinski definition) is 1. The number of nitrogens with two attached hydrogens (primary N) is 1. The van der Waals surface area contributed by atoms with E-state index in [2.05, 4.69) is 0 Å². The normalized spacial score (nSPS) is 15.3. The molecule has 0 radical (unpaired) electrons.